The number of aromatic nitrogens is 3. The largest absolute Gasteiger partial charge is 0.463 e. The van der Waals surface area contributed by atoms with Crippen LogP contribution in [-0.2, 0) is 14.3 Å². The van der Waals surface area contributed by atoms with E-state index in [2.05, 4.69) is 10.2 Å². The average molecular weight is 287 g/mol. The zero-order valence-electron chi connectivity index (χ0n) is 11.4. The van der Waals surface area contributed by atoms with Crippen molar-refractivity contribution in [1.29, 1.82) is 0 Å². The molecule has 0 radical (unpaired) electrons. The number of hydrogen-bond donors (Lipinski definition) is 0. The van der Waals surface area contributed by atoms with E-state index >= 15 is 0 Å². The second kappa shape index (κ2) is 5.35. The van der Waals surface area contributed by atoms with Crippen LogP contribution in [-0.4, -0.2) is 39.6 Å². The maximum Gasteiger partial charge on any atom is 0.361 e. The smallest absolute Gasteiger partial charge is 0.361 e. The molecule has 1 fully saturated rings. The molecule has 108 valence electrons. The summed E-state index contributed by atoms with van der Waals surface area (Å²) in [5.74, 6) is -1.19. The first-order chi connectivity index (χ1) is 10.1. The third-order valence-electron chi connectivity index (χ3n) is 3.10. The molecule has 2 heterocycles. The molecule has 0 N–H and O–H groups in total. The topological polar surface area (TPSA) is 83.3 Å². The van der Waals surface area contributed by atoms with Crippen molar-refractivity contribution >= 4 is 11.9 Å². The van der Waals surface area contributed by atoms with Crippen LogP contribution in [0, 0.1) is 6.92 Å². The van der Waals surface area contributed by atoms with E-state index in [1.807, 2.05) is 30.3 Å². The van der Waals surface area contributed by atoms with Gasteiger partial charge in [0.15, 0.2) is 5.69 Å². The highest BCUT2D eigenvalue weighted by atomic mass is 16.6. The van der Waals surface area contributed by atoms with Gasteiger partial charge in [0.25, 0.3) is 0 Å². The first-order valence-corrected chi connectivity index (χ1v) is 6.52. The fourth-order valence-corrected chi connectivity index (χ4v) is 2.01. The monoisotopic (exact) mass is 287 g/mol. The second-order valence-electron chi connectivity index (χ2n) is 4.61. The number of esters is 2. The summed E-state index contributed by atoms with van der Waals surface area (Å²) in [4.78, 5) is 24.7. The van der Waals surface area contributed by atoms with Gasteiger partial charge in [0.05, 0.1) is 18.0 Å². The van der Waals surface area contributed by atoms with Crippen LogP contribution in [0.3, 0.4) is 0 Å². The molecule has 1 unspecified atom stereocenters. The molecule has 0 saturated carbocycles. The van der Waals surface area contributed by atoms with Gasteiger partial charge in [0, 0.05) is 6.42 Å². The molecule has 7 nitrogen and oxygen atoms in total. The number of benzene rings is 1. The van der Waals surface area contributed by atoms with E-state index in [-0.39, 0.29) is 12.3 Å². The minimum atomic E-state index is -0.848. The molecule has 1 aromatic heterocycles. The molecule has 1 saturated heterocycles. The molecule has 7 heteroatoms. The van der Waals surface area contributed by atoms with Gasteiger partial charge in [-0.05, 0) is 19.1 Å². The van der Waals surface area contributed by atoms with E-state index in [9.17, 15) is 9.59 Å². The summed E-state index contributed by atoms with van der Waals surface area (Å²) in [6.07, 6.45) is -0.477. The zero-order valence-corrected chi connectivity index (χ0v) is 11.4. The molecule has 3 rings (SSSR count). The molecule has 1 atom stereocenters. The number of para-hydroxylation sites is 1. The van der Waals surface area contributed by atoms with Gasteiger partial charge in [0.2, 0.25) is 6.10 Å². The lowest BCUT2D eigenvalue weighted by Crippen LogP contribution is -2.23. The summed E-state index contributed by atoms with van der Waals surface area (Å²) in [7, 11) is 0. The second-order valence-corrected chi connectivity index (χ2v) is 4.61. The molecule has 0 amide bonds. The van der Waals surface area contributed by atoms with Crippen LogP contribution >= 0.6 is 0 Å². The van der Waals surface area contributed by atoms with Gasteiger partial charge in [-0.3, -0.25) is 0 Å². The summed E-state index contributed by atoms with van der Waals surface area (Å²) in [5.41, 5.74) is 1.27. The standard InChI is InChI=1S/C14H13N3O4/c1-9-12(14(19)21-11-7-8-20-13(11)18)16-17(15-9)10-5-3-2-4-6-10/h2-6,11H,7-8H2,1H3. The van der Waals surface area contributed by atoms with E-state index in [0.29, 0.717) is 12.1 Å². The van der Waals surface area contributed by atoms with Crippen molar-refractivity contribution in [2.24, 2.45) is 0 Å². The molecule has 1 aromatic carbocycles. The molecule has 1 aliphatic heterocycles. The molecule has 0 bridgehead atoms. The normalized spacial score (nSPS) is 17.6. The Morgan fingerprint density at radius 1 is 1.33 bits per heavy atom. The summed E-state index contributed by atoms with van der Waals surface area (Å²) < 4.78 is 9.86. The molecule has 2 aromatic rings. The van der Waals surface area contributed by atoms with Gasteiger partial charge < -0.3 is 9.47 Å². The number of aryl methyl sites for hydroxylation is 1. The van der Waals surface area contributed by atoms with E-state index in [1.165, 1.54) is 4.80 Å². The fourth-order valence-electron chi connectivity index (χ4n) is 2.01. The first-order valence-electron chi connectivity index (χ1n) is 6.52. The molecular weight excluding hydrogens is 274 g/mol. The van der Waals surface area contributed by atoms with Gasteiger partial charge >= 0.3 is 11.9 Å². The van der Waals surface area contributed by atoms with E-state index < -0.39 is 18.0 Å². The van der Waals surface area contributed by atoms with Crippen molar-refractivity contribution in [3.63, 3.8) is 0 Å². The fraction of sp³-hybridized carbons (Fsp3) is 0.286. The van der Waals surface area contributed by atoms with Gasteiger partial charge in [0.1, 0.15) is 0 Å². The molecule has 0 aliphatic carbocycles. The van der Waals surface area contributed by atoms with Crippen LogP contribution < -0.4 is 0 Å². The van der Waals surface area contributed by atoms with E-state index in [4.69, 9.17) is 9.47 Å². The number of carbonyl (C=O) groups excluding carboxylic acids is 2. The van der Waals surface area contributed by atoms with Crippen LogP contribution in [0.25, 0.3) is 5.69 Å². The molecule has 1 aliphatic rings. The van der Waals surface area contributed by atoms with Crippen molar-refractivity contribution in [2.75, 3.05) is 6.61 Å². The predicted octanol–water partition coefficient (Wildman–Crippen LogP) is 1.05. The van der Waals surface area contributed by atoms with E-state index in [0.717, 1.165) is 5.69 Å². The number of carbonyl (C=O) groups is 2. The highest BCUT2D eigenvalue weighted by Crippen LogP contribution is 2.14. The third kappa shape index (κ3) is 2.62. The van der Waals surface area contributed by atoms with Crippen LogP contribution in [0.15, 0.2) is 30.3 Å². The van der Waals surface area contributed by atoms with Crippen LogP contribution in [0.1, 0.15) is 22.6 Å². The van der Waals surface area contributed by atoms with Crippen molar-refractivity contribution in [2.45, 2.75) is 19.4 Å². The highest BCUT2D eigenvalue weighted by molar-refractivity contribution is 5.90. The van der Waals surface area contributed by atoms with Crippen molar-refractivity contribution in [1.82, 2.24) is 15.0 Å². The van der Waals surface area contributed by atoms with Crippen molar-refractivity contribution in [3.05, 3.63) is 41.7 Å². The Morgan fingerprint density at radius 2 is 2.10 bits per heavy atom. The first kappa shape index (κ1) is 13.3. The van der Waals surface area contributed by atoms with Gasteiger partial charge in [-0.25, -0.2) is 9.59 Å². The lowest BCUT2D eigenvalue weighted by atomic mass is 10.3. The molecular formula is C14H13N3O4. The highest BCUT2D eigenvalue weighted by Gasteiger charge is 2.32. The van der Waals surface area contributed by atoms with Gasteiger partial charge in [-0.15, -0.1) is 5.10 Å². The lowest BCUT2D eigenvalue weighted by molar-refractivity contribution is -0.145. The van der Waals surface area contributed by atoms with E-state index in [1.54, 1.807) is 6.92 Å². The Balaban J connectivity index is 1.81. The SMILES string of the molecule is Cc1nn(-c2ccccc2)nc1C(=O)OC1CCOC1=O. The number of rotatable bonds is 3. The third-order valence-corrected chi connectivity index (χ3v) is 3.10. The maximum absolute atomic E-state index is 12.1. The Labute approximate surface area is 120 Å². The Bertz CT molecular complexity index is 681. The minimum Gasteiger partial charge on any atom is -0.463 e. The Kier molecular flexibility index (Phi) is 3.39. The predicted molar refractivity (Wildman–Crippen MR) is 70.9 cm³/mol. The maximum atomic E-state index is 12.1. The van der Waals surface area contributed by atoms with Crippen LogP contribution in [0.4, 0.5) is 0 Å². The van der Waals surface area contributed by atoms with Gasteiger partial charge in [-0.2, -0.15) is 9.90 Å². The average Bonchev–Trinajstić information content (AvgIpc) is 3.06. The Morgan fingerprint density at radius 3 is 2.76 bits per heavy atom. The number of ether oxygens (including phenoxy) is 2. The number of nitrogens with zero attached hydrogens (tertiary/aromatic N) is 3. The summed E-state index contributed by atoms with van der Waals surface area (Å²) >= 11 is 0. The van der Waals surface area contributed by atoms with Crippen molar-refractivity contribution < 1.29 is 19.1 Å². The Hall–Kier alpha value is -2.70. The lowest BCUT2D eigenvalue weighted by Gasteiger charge is -2.06. The summed E-state index contributed by atoms with van der Waals surface area (Å²) in [5, 5.41) is 8.31. The quantitative estimate of drug-likeness (QED) is 0.785. The van der Waals surface area contributed by atoms with Crippen LogP contribution in [0.5, 0.6) is 0 Å². The summed E-state index contributed by atoms with van der Waals surface area (Å²) in [6, 6.07) is 9.22. The number of cyclic esters (lactones) is 1. The van der Waals surface area contributed by atoms with Crippen LogP contribution in [0.2, 0.25) is 0 Å². The minimum absolute atomic E-state index is 0.0959. The van der Waals surface area contributed by atoms with Crippen molar-refractivity contribution in [3.8, 4) is 5.69 Å². The molecule has 0 spiro atoms. The number of hydrogen-bond acceptors (Lipinski definition) is 6. The van der Waals surface area contributed by atoms with Gasteiger partial charge in [-0.1, -0.05) is 18.2 Å². The molecule has 21 heavy (non-hydrogen) atoms. The zero-order chi connectivity index (χ0) is 14.8. The summed E-state index contributed by atoms with van der Waals surface area (Å²) in [6.45, 7) is 1.93.